The average molecular weight is 286 g/mol. The minimum Gasteiger partial charge on any atom is -0.382 e. The summed E-state index contributed by atoms with van der Waals surface area (Å²) >= 11 is 12.2. The Kier molecular flexibility index (Phi) is 3.29. The summed E-state index contributed by atoms with van der Waals surface area (Å²) in [5.41, 5.74) is 5.81. The van der Waals surface area contributed by atoms with E-state index in [0.29, 0.717) is 21.9 Å². The van der Waals surface area contributed by atoms with Crippen molar-refractivity contribution in [1.29, 1.82) is 0 Å². The van der Waals surface area contributed by atoms with Crippen LogP contribution in [-0.4, -0.2) is 17.6 Å². The second kappa shape index (κ2) is 4.78. The lowest BCUT2D eigenvalue weighted by Gasteiger charge is -2.39. The summed E-state index contributed by atoms with van der Waals surface area (Å²) in [5, 5.41) is 1.05. The van der Waals surface area contributed by atoms with E-state index in [1.165, 1.54) is 32.1 Å². The van der Waals surface area contributed by atoms with Crippen LogP contribution in [0.3, 0.4) is 0 Å². The van der Waals surface area contributed by atoms with Crippen LogP contribution in [-0.2, 0) is 0 Å². The number of hydrogen-bond donors (Lipinski definition) is 1. The minimum absolute atomic E-state index is 0.371. The molecule has 1 aromatic rings. The molecule has 1 saturated carbocycles. The maximum atomic E-state index is 6.28. The summed E-state index contributed by atoms with van der Waals surface area (Å²) in [6.45, 7) is 1.02. The van der Waals surface area contributed by atoms with Crippen molar-refractivity contribution in [3.63, 3.8) is 0 Å². The van der Waals surface area contributed by atoms with E-state index in [2.05, 4.69) is 9.88 Å². The van der Waals surface area contributed by atoms with Crippen LogP contribution in [0.15, 0.2) is 6.07 Å². The topological polar surface area (TPSA) is 42.1 Å². The van der Waals surface area contributed by atoms with E-state index in [1.54, 1.807) is 6.07 Å². The quantitative estimate of drug-likeness (QED) is 0.855. The summed E-state index contributed by atoms with van der Waals surface area (Å²) in [4.78, 5) is 6.74. The van der Waals surface area contributed by atoms with Crippen LogP contribution in [0, 0.1) is 5.92 Å². The van der Waals surface area contributed by atoms with Gasteiger partial charge in [-0.15, -0.1) is 0 Å². The van der Waals surface area contributed by atoms with Gasteiger partial charge in [-0.2, -0.15) is 0 Å². The van der Waals surface area contributed by atoms with Crippen molar-refractivity contribution >= 4 is 34.8 Å². The minimum atomic E-state index is 0.371. The van der Waals surface area contributed by atoms with Crippen LogP contribution in [0.5, 0.6) is 0 Å². The molecular formula is C13H17Cl2N3. The number of anilines is 2. The molecule has 1 aliphatic carbocycles. The van der Waals surface area contributed by atoms with Gasteiger partial charge in [-0.1, -0.05) is 29.6 Å². The lowest BCUT2D eigenvalue weighted by Crippen LogP contribution is -2.43. The molecule has 2 fully saturated rings. The molecule has 1 aromatic heterocycles. The Morgan fingerprint density at radius 3 is 2.78 bits per heavy atom. The van der Waals surface area contributed by atoms with E-state index in [4.69, 9.17) is 28.9 Å². The van der Waals surface area contributed by atoms with E-state index < -0.39 is 0 Å². The number of fused-ring (bicyclic) bond motifs is 1. The van der Waals surface area contributed by atoms with E-state index in [1.807, 2.05) is 0 Å². The first-order chi connectivity index (χ1) is 8.66. The van der Waals surface area contributed by atoms with Gasteiger partial charge in [0.1, 0.15) is 11.6 Å². The van der Waals surface area contributed by atoms with Crippen LogP contribution in [0.25, 0.3) is 0 Å². The van der Waals surface area contributed by atoms with E-state index in [-0.39, 0.29) is 0 Å². The molecule has 0 aromatic carbocycles. The molecule has 0 radical (unpaired) electrons. The van der Waals surface area contributed by atoms with Crippen LogP contribution >= 0.6 is 23.2 Å². The first kappa shape index (κ1) is 12.4. The number of pyridine rings is 1. The molecule has 18 heavy (non-hydrogen) atoms. The standard InChI is InChI=1S/C13H17Cl2N3/c14-9-7-10(15)13(17-12(9)16)18-6-2-4-8-3-1-5-11(8)18/h7-8,11H,1-6H2,(H2,16,17). The van der Waals surface area contributed by atoms with Crippen molar-refractivity contribution in [1.82, 2.24) is 4.98 Å². The summed E-state index contributed by atoms with van der Waals surface area (Å²) in [5.74, 6) is 1.99. The highest BCUT2D eigenvalue weighted by molar-refractivity contribution is 6.37. The van der Waals surface area contributed by atoms with Gasteiger partial charge in [0.05, 0.1) is 10.0 Å². The van der Waals surface area contributed by atoms with Gasteiger partial charge >= 0.3 is 0 Å². The van der Waals surface area contributed by atoms with E-state index in [9.17, 15) is 0 Å². The molecule has 3 rings (SSSR count). The molecule has 3 nitrogen and oxygen atoms in total. The Hall–Kier alpha value is -0.670. The Balaban J connectivity index is 1.96. The molecule has 0 spiro atoms. The van der Waals surface area contributed by atoms with Gasteiger partial charge in [-0.3, -0.25) is 0 Å². The molecule has 1 saturated heterocycles. The fraction of sp³-hybridized carbons (Fsp3) is 0.615. The van der Waals surface area contributed by atoms with Gasteiger partial charge in [-0.25, -0.2) is 4.98 Å². The highest BCUT2D eigenvalue weighted by Gasteiger charge is 2.36. The average Bonchev–Trinajstić information content (AvgIpc) is 2.82. The zero-order valence-electron chi connectivity index (χ0n) is 10.2. The number of rotatable bonds is 1. The largest absolute Gasteiger partial charge is 0.382 e. The van der Waals surface area contributed by atoms with Crippen molar-refractivity contribution < 1.29 is 0 Å². The number of halogens is 2. The third-order valence-corrected chi connectivity index (χ3v) is 4.78. The smallest absolute Gasteiger partial charge is 0.150 e. The molecule has 2 aliphatic rings. The number of nitrogens with two attached hydrogens (primary N) is 1. The Morgan fingerprint density at radius 2 is 1.94 bits per heavy atom. The second-order valence-electron chi connectivity index (χ2n) is 5.25. The van der Waals surface area contributed by atoms with Crippen molar-refractivity contribution in [2.75, 3.05) is 17.2 Å². The molecule has 5 heteroatoms. The highest BCUT2D eigenvalue weighted by atomic mass is 35.5. The molecule has 0 bridgehead atoms. The van der Waals surface area contributed by atoms with Gasteiger partial charge in [-0.05, 0) is 37.7 Å². The summed E-state index contributed by atoms with van der Waals surface area (Å²) in [6.07, 6.45) is 6.43. The Bertz CT molecular complexity index is 464. The van der Waals surface area contributed by atoms with Crippen molar-refractivity contribution in [3.05, 3.63) is 16.1 Å². The molecule has 2 unspecified atom stereocenters. The first-order valence-corrected chi connectivity index (χ1v) is 7.30. The Morgan fingerprint density at radius 1 is 1.17 bits per heavy atom. The van der Waals surface area contributed by atoms with Gasteiger partial charge in [0.25, 0.3) is 0 Å². The van der Waals surface area contributed by atoms with Crippen molar-refractivity contribution in [2.45, 2.75) is 38.1 Å². The number of hydrogen-bond acceptors (Lipinski definition) is 3. The number of nitrogens with zero attached hydrogens (tertiary/aromatic N) is 2. The lowest BCUT2D eigenvalue weighted by molar-refractivity contribution is 0.360. The molecule has 2 N–H and O–H groups in total. The lowest BCUT2D eigenvalue weighted by atomic mass is 9.92. The van der Waals surface area contributed by atoms with Gasteiger partial charge < -0.3 is 10.6 Å². The molecule has 1 aliphatic heterocycles. The molecule has 2 heterocycles. The SMILES string of the molecule is Nc1nc(N2CCCC3CCCC32)c(Cl)cc1Cl. The second-order valence-corrected chi connectivity index (χ2v) is 6.07. The van der Waals surface area contributed by atoms with Crippen molar-refractivity contribution in [2.24, 2.45) is 5.92 Å². The van der Waals surface area contributed by atoms with Gasteiger partial charge in [0.2, 0.25) is 0 Å². The predicted molar refractivity (Wildman–Crippen MR) is 76.4 cm³/mol. The maximum absolute atomic E-state index is 6.28. The van der Waals surface area contributed by atoms with E-state index in [0.717, 1.165) is 18.3 Å². The van der Waals surface area contributed by atoms with Gasteiger partial charge in [0, 0.05) is 12.6 Å². The monoisotopic (exact) mass is 285 g/mol. The first-order valence-electron chi connectivity index (χ1n) is 6.55. The zero-order chi connectivity index (χ0) is 12.7. The third-order valence-electron chi connectivity index (χ3n) is 4.20. The van der Waals surface area contributed by atoms with Crippen LogP contribution < -0.4 is 10.6 Å². The zero-order valence-corrected chi connectivity index (χ0v) is 11.7. The summed E-state index contributed by atoms with van der Waals surface area (Å²) in [6, 6.07) is 2.30. The summed E-state index contributed by atoms with van der Waals surface area (Å²) in [7, 11) is 0. The predicted octanol–water partition coefficient (Wildman–Crippen LogP) is 3.74. The normalized spacial score (nSPS) is 27.3. The highest BCUT2D eigenvalue weighted by Crippen LogP contribution is 2.41. The molecule has 2 atom stereocenters. The van der Waals surface area contributed by atoms with Crippen LogP contribution in [0.2, 0.25) is 10.0 Å². The molecule has 98 valence electrons. The molecule has 0 amide bonds. The van der Waals surface area contributed by atoms with E-state index >= 15 is 0 Å². The van der Waals surface area contributed by atoms with Crippen LogP contribution in [0.1, 0.15) is 32.1 Å². The third kappa shape index (κ3) is 2.04. The number of nitrogen functional groups attached to an aromatic ring is 1. The molecular weight excluding hydrogens is 269 g/mol. The fourth-order valence-electron chi connectivity index (χ4n) is 3.39. The van der Waals surface area contributed by atoms with Crippen LogP contribution in [0.4, 0.5) is 11.6 Å². The number of aromatic nitrogens is 1. The van der Waals surface area contributed by atoms with Crippen molar-refractivity contribution in [3.8, 4) is 0 Å². The number of piperidine rings is 1. The maximum Gasteiger partial charge on any atom is 0.150 e. The summed E-state index contributed by atoms with van der Waals surface area (Å²) < 4.78 is 0. The Labute approximate surface area is 117 Å². The fourth-order valence-corrected chi connectivity index (χ4v) is 3.86. The van der Waals surface area contributed by atoms with Gasteiger partial charge in [0.15, 0.2) is 0 Å².